The Kier molecular flexibility index (Phi) is 8.41. The molecule has 0 aliphatic carbocycles. The Morgan fingerprint density at radius 2 is 1.07 bits per heavy atom. The summed E-state index contributed by atoms with van der Waals surface area (Å²) in [6.45, 7) is 3.63. The average Bonchev–Trinajstić information content (AvgIpc) is 2.22. The van der Waals surface area contributed by atoms with E-state index in [2.05, 4.69) is 4.90 Å². The van der Waals surface area contributed by atoms with Crippen molar-refractivity contribution in [1.29, 1.82) is 0 Å². The van der Waals surface area contributed by atoms with Gasteiger partial charge in [-0.1, -0.05) is 44.9 Å². The summed E-state index contributed by atoms with van der Waals surface area (Å²) in [6.07, 6.45) is 12.8. The van der Waals surface area contributed by atoms with E-state index in [0.29, 0.717) is 0 Å². The molecule has 0 amide bonds. The average molecular weight is 232 g/mol. The molecule has 0 aromatic carbocycles. The Morgan fingerprint density at radius 1 is 0.667 bits per heavy atom. The molecule has 0 N–H and O–H groups in total. The van der Waals surface area contributed by atoms with Crippen molar-refractivity contribution in [3.05, 3.63) is 0 Å². The molecule has 0 atom stereocenters. The zero-order chi connectivity index (χ0) is 10.8. The Labute approximate surface area is 100 Å². The van der Waals surface area contributed by atoms with Crippen LogP contribution in [0, 0.1) is 0 Å². The predicted octanol–water partition coefficient (Wildman–Crippen LogP) is 4.05. The van der Waals surface area contributed by atoms with Crippen molar-refractivity contribution in [2.24, 2.45) is 0 Å². The van der Waals surface area contributed by atoms with Gasteiger partial charge in [-0.15, -0.1) is 11.6 Å². The maximum Gasteiger partial charge on any atom is 0.0351 e. The third-order valence-electron chi connectivity index (χ3n) is 3.35. The van der Waals surface area contributed by atoms with Crippen LogP contribution in [0.5, 0.6) is 0 Å². The summed E-state index contributed by atoms with van der Waals surface area (Å²) < 4.78 is 0. The van der Waals surface area contributed by atoms with E-state index in [0.717, 1.165) is 12.4 Å². The van der Waals surface area contributed by atoms with Crippen LogP contribution in [0.3, 0.4) is 0 Å². The Hall–Kier alpha value is 0.250. The van der Waals surface area contributed by atoms with E-state index in [9.17, 15) is 0 Å². The molecule has 0 bridgehead atoms. The van der Waals surface area contributed by atoms with E-state index in [1.165, 1.54) is 70.9 Å². The zero-order valence-corrected chi connectivity index (χ0v) is 10.8. The summed E-state index contributed by atoms with van der Waals surface area (Å²) in [7, 11) is 0. The third kappa shape index (κ3) is 7.19. The number of rotatable bonds is 2. The van der Waals surface area contributed by atoms with Gasteiger partial charge in [-0.2, -0.15) is 0 Å². The highest BCUT2D eigenvalue weighted by atomic mass is 35.5. The Balaban J connectivity index is 2.19. The lowest BCUT2D eigenvalue weighted by Crippen LogP contribution is -2.28. The van der Waals surface area contributed by atoms with Crippen LogP contribution in [-0.4, -0.2) is 30.4 Å². The molecule has 0 aromatic rings. The van der Waals surface area contributed by atoms with Gasteiger partial charge in [-0.05, 0) is 25.9 Å². The molecular weight excluding hydrogens is 206 g/mol. The first kappa shape index (κ1) is 13.3. The van der Waals surface area contributed by atoms with Gasteiger partial charge in [0.15, 0.2) is 0 Å². The highest BCUT2D eigenvalue weighted by Crippen LogP contribution is 2.12. The zero-order valence-electron chi connectivity index (χ0n) is 10.0. The van der Waals surface area contributed by atoms with Gasteiger partial charge in [0.2, 0.25) is 0 Å². The van der Waals surface area contributed by atoms with E-state index >= 15 is 0 Å². The molecular formula is C13H26ClN. The minimum atomic E-state index is 0.792. The van der Waals surface area contributed by atoms with Crippen molar-refractivity contribution in [2.75, 3.05) is 25.5 Å². The molecule has 0 aromatic heterocycles. The number of nitrogens with zero attached hydrogens (tertiary/aromatic N) is 1. The second kappa shape index (κ2) is 9.47. The lowest BCUT2D eigenvalue weighted by molar-refractivity contribution is 0.272. The van der Waals surface area contributed by atoms with Gasteiger partial charge in [-0.3, -0.25) is 0 Å². The predicted molar refractivity (Wildman–Crippen MR) is 68.7 cm³/mol. The first-order valence-electron chi connectivity index (χ1n) is 6.72. The highest BCUT2D eigenvalue weighted by Gasteiger charge is 2.04. The number of hydrogen-bond acceptors (Lipinski definition) is 1. The Bertz CT molecular complexity index is 126. The summed E-state index contributed by atoms with van der Waals surface area (Å²) in [5.41, 5.74) is 0. The van der Waals surface area contributed by atoms with Gasteiger partial charge >= 0.3 is 0 Å². The van der Waals surface area contributed by atoms with E-state index in [1.807, 2.05) is 0 Å². The summed E-state index contributed by atoms with van der Waals surface area (Å²) >= 11 is 5.82. The molecule has 0 saturated carbocycles. The topological polar surface area (TPSA) is 3.24 Å². The van der Waals surface area contributed by atoms with E-state index in [4.69, 9.17) is 11.6 Å². The van der Waals surface area contributed by atoms with Crippen molar-refractivity contribution in [3.63, 3.8) is 0 Å². The normalized spacial score (nSPS) is 23.0. The van der Waals surface area contributed by atoms with Crippen molar-refractivity contribution in [2.45, 2.75) is 57.8 Å². The van der Waals surface area contributed by atoms with E-state index < -0.39 is 0 Å². The fourth-order valence-electron chi connectivity index (χ4n) is 2.36. The molecule has 1 fully saturated rings. The van der Waals surface area contributed by atoms with Crippen molar-refractivity contribution < 1.29 is 0 Å². The van der Waals surface area contributed by atoms with Gasteiger partial charge in [0.05, 0.1) is 0 Å². The molecule has 1 nitrogen and oxygen atoms in total. The van der Waals surface area contributed by atoms with Crippen molar-refractivity contribution >= 4 is 11.6 Å². The quantitative estimate of drug-likeness (QED) is 0.648. The summed E-state index contributed by atoms with van der Waals surface area (Å²) in [4.78, 5) is 2.55. The number of alkyl halides is 1. The van der Waals surface area contributed by atoms with Crippen LogP contribution >= 0.6 is 11.6 Å². The first-order valence-corrected chi connectivity index (χ1v) is 7.25. The van der Waals surface area contributed by atoms with Gasteiger partial charge < -0.3 is 4.90 Å². The summed E-state index contributed by atoms with van der Waals surface area (Å²) in [5.74, 6) is 0.792. The molecule has 1 aliphatic rings. The van der Waals surface area contributed by atoms with Crippen LogP contribution in [-0.2, 0) is 0 Å². The molecule has 2 heteroatoms. The SMILES string of the molecule is ClCCN1CCCCCCCCCCC1. The maximum atomic E-state index is 5.82. The lowest BCUT2D eigenvalue weighted by atomic mass is 10.1. The molecule has 1 heterocycles. The second-order valence-electron chi connectivity index (χ2n) is 4.71. The van der Waals surface area contributed by atoms with Gasteiger partial charge in [-0.25, -0.2) is 0 Å². The fraction of sp³-hybridized carbons (Fsp3) is 1.00. The van der Waals surface area contributed by atoms with Crippen LogP contribution in [0.2, 0.25) is 0 Å². The standard InChI is InChI=1S/C13H26ClN/c14-10-13-15-11-8-6-4-2-1-3-5-7-9-12-15/h1-13H2. The van der Waals surface area contributed by atoms with E-state index in [-0.39, 0.29) is 0 Å². The first-order chi connectivity index (χ1) is 7.43. The number of halogens is 1. The number of hydrogen-bond donors (Lipinski definition) is 0. The minimum absolute atomic E-state index is 0.792. The minimum Gasteiger partial charge on any atom is -0.302 e. The van der Waals surface area contributed by atoms with Gasteiger partial charge in [0, 0.05) is 12.4 Å². The lowest BCUT2D eigenvalue weighted by Gasteiger charge is -2.21. The highest BCUT2D eigenvalue weighted by molar-refractivity contribution is 6.18. The largest absolute Gasteiger partial charge is 0.302 e. The van der Waals surface area contributed by atoms with Crippen LogP contribution in [0.4, 0.5) is 0 Å². The smallest absolute Gasteiger partial charge is 0.0351 e. The van der Waals surface area contributed by atoms with Crippen molar-refractivity contribution in [1.82, 2.24) is 4.90 Å². The van der Waals surface area contributed by atoms with Crippen molar-refractivity contribution in [3.8, 4) is 0 Å². The molecule has 0 spiro atoms. The van der Waals surface area contributed by atoms with Crippen LogP contribution in [0.25, 0.3) is 0 Å². The molecule has 15 heavy (non-hydrogen) atoms. The summed E-state index contributed by atoms with van der Waals surface area (Å²) in [5, 5.41) is 0. The van der Waals surface area contributed by atoms with Crippen LogP contribution < -0.4 is 0 Å². The monoisotopic (exact) mass is 231 g/mol. The molecule has 1 rings (SSSR count). The molecule has 90 valence electrons. The van der Waals surface area contributed by atoms with Gasteiger partial charge in [0.1, 0.15) is 0 Å². The molecule has 0 radical (unpaired) electrons. The Morgan fingerprint density at radius 3 is 1.47 bits per heavy atom. The fourth-order valence-corrected chi connectivity index (χ4v) is 2.60. The maximum absolute atomic E-state index is 5.82. The second-order valence-corrected chi connectivity index (χ2v) is 5.09. The van der Waals surface area contributed by atoms with Gasteiger partial charge in [0.25, 0.3) is 0 Å². The van der Waals surface area contributed by atoms with E-state index in [1.54, 1.807) is 0 Å². The molecule has 1 aliphatic heterocycles. The third-order valence-corrected chi connectivity index (χ3v) is 3.52. The summed E-state index contributed by atoms with van der Waals surface area (Å²) in [6, 6.07) is 0. The van der Waals surface area contributed by atoms with Crippen LogP contribution in [0.1, 0.15) is 57.8 Å². The molecule has 1 saturated heterocycles. The molecule has 0 unspecified atom stereocenters. The van der Waals surface area contributed by atoms with Crippen LogP contribution in [0.15, 0.2) is 0 Å².